The number of aromatic nitrogens is 1. The van der Waals surface area contributed by atoms with Gasteiger partial charge in [0.25, 0.3) is 0 Å². The van der Waals surface area contributed by atoms with Crippen LogP contribution in [0.2, 0.25) is 0 Å². The fourth-order valence-electron chi connectivity index (χ4n) is 5.23. The molecule has 3 heterocycles. The Morgan fingerprint density at radius 2 is 1.80 bits per heavy atom. The summed E-state index contributed by atoms with van der Waals surface area (Å²) in [4.78, 5) is 6.21. The van der Waals surface area contributed by atoms with Crippen molar-refractivity contribution in [1.82, 2.24) is 9.88 Å². The lowest BCUT2D eigenvalue weighted by atomic mass is 9.70. The van der Waals surface area contributed by atoms with E-state index < -0.39 is 0 Å². The number of piperidine rings is 2. The van der Waals surface area contributed by atoms with Gasteiger partial charge in [-0.3, -0.25) is 4.90 Å². The van der Waals surface area contributed by atoms with Crippen LogP contribution in [0.25, 0.3) is 10.9 Å². The van der Waals surface area contributed by atoms with Crippen molar-refractivity contribution in [2.24, 2.45) is 5.92 Å². The van der Waals surface area contributed by atoms with Gasteiger partial charge in [0.15, 0.2) is 0 Å². The van der Waals surface area contributed by atoms with Crippen molar-refractivity contribution in [3.8, 4) is 0 Å². The maximum atomic E-state index is 3.43. The van der Waals surface area contributed by atoms with Gasteiger partial charge in [0.1, 0.15) is 0 Å². The van der Waals surface area contributed by atoms with Gasteiger partial charge in [-0.15, -0.1) is 0 Å². The molecule has 2 saturated heterocycles. The number of para-hydroxylation sites is 1. The van der Waals surface area contributed by atoms with E-state index >= 15 is 0 Å². The van der Waals surface area contributed by atoms with E-state index in [2.05, 4.69) is 70.7 Å². The van der Waals surface area contributed by atoms with E-state index in [0.29, 0.717) is 0 Å². The summed E-state index contributed by atoms with van der Waals surface area (Å²) in [6.45, 7) is 2.49. The van der Waals surface area contributed by atoms with E-state index in [-0.39, 0.29) is 0 Å². The van der Waals surface area contributed by atoms with E-state index in [1.54, 1.807) is 5.56 Å². The summed E-state index contributed by atoms with van der Waals surface area (Å²) in [5.74, 6) is 1.62. The van der Waals surface area contributed by atoms with Crippen molar-refractivity contribution < 1.29 is 0 Å². The predicted octanol–water partition coefficient (Wildman–Crippen LogP) is 4.98. The van der Waals surface area contributed by atoms with Crippen LogP contribution in [0.4, 0.5) is 0 Å². The fraction of sp³-hybridized carbons (Fsp3) is 0.391. The maximum absolute atomic E-state index is 3.43. The van der Waals surface area contributed by atoms with E-state index in [9.17, 15) is 0 Å². The van der Waals surface area contributed by atoms with Crippen LogP contribution in [0.15, 0.2) is 60.8 Å². The van der Waals surface area contributed by atoms with Crippen LogP contribution in [0.1, 0.15) is 36.3 Å². The second kappa shape index (κ2) is 6.34. The lowest BCUT2D eigenvalue weighted by Gasteiger charge is -2.50. The highest BCUT2D eigenvalue weighted by molar-refractivity contribution is 5.83. The third-order valence-corrected chi connectivity index (χ3v) is 6.46. The first-order chi connectivity index (χ1) is 12.4. The maximum Gasteiger partial charge on any atom is 0.0456 e. The number of hydrogen-bond donors (Lipinski definition) is 1. The molecule has 128 valence electrons. The first-order valence-electron chi connectivity index (χ1n) is 9.72. The molecule has 3 aromatic rings. The SMILES string of the molecule is c1ccc(C2CC3CCC2N(CCc2c[nH]c4ccccc24)C3)cc1. The average molecular weight is 330 g/mol. The van der Waals surface area contributed by atoms with Gasteiger partial charge in [-0.25, -0.2) is 0 Å². The Morgan fingerprint density at radius 1 is 0.960 bits per heavy atom. The highest BCUT2D eigenvalue weighted by Gasteiger charge is 2.40. The molecule has 2 bridgehead atoms. The van der Waals surface area contributed by atoms with Crippen molar-refractivity contribution in [2.45, 2.75) is 37.6 Å². The summed E-state index contributed by atoms with van der Waals surface area (Å²) >= 11 is 0. The van der Waals surface area contributed by atoms with Gasteiger partial charge in [-0.1, -0.05) is 48.5 Å². The normalized spacial score (nSPS) is 26.3. The molecule has 3 unspecified atom stereocenters. The van der Waals surface area contributed by atoms with Crippen molar-refractivity contribution in [1.29, 1.82) is 0 Å². The molecule has 1 aromatic heterocycles. The molecule has 25 heavy (non-hydrogen) atoms. The van der Waals surface area contributed by atoms with E-state index in [0.717, 1.165) is 24.3 Å². The molecule has 3 aliphatic rings. The average Bonchev–Trinajstić information content (AvgIpc) is 3.11. The largest absolute Gasteiger partial charge is 0.361 e. The third-order valence-electron chi connectivity index (χ3n) is 6.46. The number of nitrogens with one attached hydrogen (secondary N) is 1. The Morgan fingerprint density at radius 3 is 2.68 bits per heavy atom. The molecule has 3 atom stereocenters. The van der Waals surface area contributed by atoms with Gasteiger partial charge in [0, 0.05) is 36.2 Å². The van der Waals surface area contributed by atoms with Crippen molar-refractivity contribution >= 4 is 10.9 Å². The molecule has 0 spiro atoms. The summed E-state index contributed by atoms with van der Waals surface area (Å²) in [5.41, 5.74) is 4.28. The second-order valence-electron chi connectivity index (χ2n) is 7.87. The zero-order valence-corrected chi connectivity index (χ0v) is 14.7. The summed E-state index contributed by atoms with van der Waals surface area (Å²) in [5, 5.41) is 1.39. The van der Waals surface area contributed by atoms with Gasteiger partial charge in [0.2, 0.25) is 0 Å². The van der Waals surface area contributed by atoms with Crippen molar-refractivity contribution in [2.75, 3.05) is 13.1 Å². The Balaban J connectivity index is 1.34. The standard InChI is InChI=1S/C23H26N2/c1-2-6-18(7-3-1)21-14-17-10-11-23(21)25(16-17)13-12-19-15-24-22-9-5-4-8-20(19)22/h1-9,15,17,21,23-24H,10-14,16H2. The Kier molecular flexibility index (Phi) is 3.86. The number of benzene rings is 2. The number of fused-ring (bicyclic) bond motifs is 4. The zero-order valence-electron chi connectivity index (χ0n) is 14.7. The van der Waals surface area contributed by atoms with Crippen LogP contribution >= 0.6 is 0 Å². The Hall–Kier alpha value is -2.06. The van der Waals surface area contributed by atoms with Gasteiger partial charge >= 0.3 is 0 Å². The van der Waals surface area contributed by atoms with Crippen LogP contribution < -0.4 is 0 Å². The Bertz CT molecular complexity index is 851. The molecule has 2 heteroatoms. The summed E-state index contributed by atoms with van der Waals surface area (Å²) in [6.07, 6.45) is 7.55. The lowest BCUT2D eigenvalue weighted by Crippen LogP contribution is -2.52. The van der Waals surface area contributed by atoms with Gasteiger partial charge in [0.05, 0.1) is 0 Å². The third kappa shape index (κ3) is 2.79. The number of aromatic amines is 1. The molecule has 0 amide bonds. The fourth-order valence-corrected chi connectivity index (χ4v) is 5.23. The van der Waals surface area contributed by atoms with E-state index in [1.165, 1.54) is 48.8 Å². The quantitative estimate of drug-likeness (QED) is 0.715. The first-order valence-corrected chi connectivity index (χ1v) is 9.72. The molecular formula is C23H26N2. The minimum absolute atomic E-state index is 0.733. The molecular weight excluding hydrogens is 304 g/mol. The van der Waals surface area contributed by atoms with Crippen LogP contribution in [-0.2, 0) is 6.42 Å². The molecule has 2 nitrogen and oxygen atoms in total. The highest BCUT2D eigenvalue weighted by Crippen LogP contribution is 2.44. The number of nitrogens with zero attached hydrogens (tertiary/aromatic N) is 1. The van der Waals surface area contributed by atoms with E-state index in [4.69, 9.17) is 0 Å². The summed E-state index contributed by atoms with van der Waals surface area (Å²) in [6, 6.07) is 20.6. The van der Waals surface area contributed by atoms with Crippen LogP contribution in [-0.4, -0.2) is 29.0 Å². The van der Waals surface area contributed by atoms with E-state index in [1.807, 2.05) is 0 Å². The second-order valence-corrected chi connectivity index (χ2v) is 7.87. The zero-order chi connectivity index (χ0) is 16.6. The highest BCUT2D eigenvalue weighted by atomic mass is 15.2. The van der Waals surface area contributed by atoms with Crippen LogP contribution in [0.3, 0.4) is 0 Å². The smallest absolute Gasteiger partial charge is 0.0456 e. The van der Waals surface area contributed by atoms with Gasteiger partial charge < -0.3 is 4.98 Å². The monoisotopic (exact) mass is 330 g/mol. The predicted molar refractivity (Wildman–Crippen MR) is 104 cm³/mol. The minimum atomic E-state index is 0.733. The summed E-state index contributed by atoms with van der Waals surface area (Å²) < 4.78 is 0. The lowest BCUT2D eigenvalue weighted by molar-refractivity contribution is 0.0310. The van der Waals surface area contributed by atoms with Crippen molar-refractivity contribution in [3.05, 3.63) is 71.9 Å². The minimum Gasteiger partial charge on any atom is -0.361 e. The van der Waals surface area contributed by atoms with Gasteiger partial charge in [-0.05, 0) is 54.7 Å². The van der Waals surface area contributed by atoms with Crippen LogP contribution in [0, 0.1) is 5.92 Å². The topological polar surface area (TPSA) is 19.0 Å². The molecule has 1 N–H and O–H groups in total. The van der Waals surface area contributed by atoms with Gasteiger partial charge in [-0.2, -0.15) is 0 Å². The molecule has 6 rings (SSSR count). The number of H-pyrrole nitrogens is 1. The molecule has 1 saturated carbocycles. The molecule has 3 fully saturated rings. The Labute approximate surface area is 149 Å². The first kappa shape index (κ1) is 15.2. The number of hydrogen-bond acceptors (Lipinski definition) is 1. The number of rotatable bonds is 4. The van der Waals surface area contributed by atoms with Crippen molar-refractivity contribution in [3.63, 3.8) is 0 Å². The van der Waals surface area contributed by atoms with Crippen LogP contribution in [0.5, 0.6) is 0 Å². The molecule has 1 aliphatic carbocycles. The summed E-state index contributed by atoms with van der Waals surface area (Å²) in [7, 11) is 0. The molecule has 2 aliphatic heterocycles. The molecule has 0 radical (unpaired) electrons. The molecule has 2 aromatic carbocycles.